The first-order valence-electron chi connectivity index (χ1n) is 8.32. The number of ether oxygens (including phenoxy) is 2. The van der Waals surface area contributed by atoms with E-state index in [1.54, 1.807) is 44.6 Å². The molecule has 7 nitrogen and oxygen atoms in total. The average Bonchev–Trinajstić information content (AvgIpc) is 2.65. The fourth-order valence-corrected chi connectivity index (χ4v) is 2.37. The van der Waals surface area contributed by atoms with Crippen molar-refractivity contribution in [1.29, 1.82) is 0 Å². The summed E-state index contributed by atoms with van der Waals surface area (Å²) in [6.07, 6.45) is 0.112. The number of nitrogens with zero attached hydrogens (tertiary/aromatic N) is 1. The number of hydrogen-bond acceptors (Lipinski definition) is 4. The topological polar surface area (TPSA) is 98.0 Å². The molecule has 0 unspecified atom stereocenters. The Morgan fingerprint density at radius 2 is 1.93 bits per heavy atom. The number of benzene rings is 2. The molecule has 144 valence electrons. The van der Waals surface area contributed by atoms with Crippen molar-refractivity contribution in [1.82, 2.24) is 5.32 Å². The molecule has 0 saturated carbocycles. The Morgan fingerprint density at radius 1 is 1.15 bits per heavy atom. The smallest absolute Gasteiger partial charge is 0.224 e. The van der Waals surface area contributed by atoms with Crippen LogP contribution < -0.4 is 25.8 Å². The Morgan fingerprint density at radius 3 is 2.63 bits per heavy atom. The highest BCUT2D eigenvalue weighted by atomic mass is 19.1. The second-order valence-electron chi connectivity index (χ2n) is 5.62. The number of guanidine groups is 1. The standard InChI is InChI=1S/C19H23FN4O3/c1-26-16-7-6-15(12-17(16)27-2)24-19(21)23-9-8-22-18(25)11-13-4-3-5-14(20)10-13/h3-7,10,12H,8-9,11H2,1-2H3,(H,22,25)(H3,21,23,24). The van der Waals surface area contributed by atoms with Crippen LogP contribution in [0.1, 0.15) is 5.56 Å². The van der Waals surface area contributed by atoms with Crippen LogP contribution in [0.4, 0.5) is 10.1 Å². The van der Waals surface area contributed by atoms with Crippen LogP contribution in [0.25, 0.3) is 0 Å². The van der Waals surface area contributed by atoms with Gasteiger partial charge in [-0.1, -0.05) is 12.1 Å². The predicted octanol–water partition coefficient (Wildman–Crippen LogP) is 1.93. The highest BCUT2D eigenvalue weighted by Crippen LogP contribution is 2.29. The van der Waals surface area contributed by atoms with Crippen molar-refractivity contribution in [2.24, 2.45) is 10.7 Å². The summed E-state index contributed by atoms with van der Waals surface area (Å²) in [7, 11) is 3.11. The lowest BCUT2D eigenvalue weighted by Crippen LogP contribution is -2.29. The summed E-state index contributed by atoms with van der Waals surface area (Å²) >= 11 is 0. The lowest BCUT2D eigenvalue weighted by atomic mass is 10.1. The number of rotatable bonds is 8. The van der Waals surface area contributed by atoms with Gasteiger partial charge < -0.3 is 25.8 Å². The van der Waals surface area contributed by atoms with Gasteiger partial charge in [-0.15, -0.1) is 0 Å². The van der Waals surface area contributed by atoms with Crippen LogP contribution in [0.15, 0.2) is 47.5 Å². The van der Waals surface area contributed by atoms with Crippen molar-refractivity contribution in [3.8, 4) is 11.5 Å². The van der Waals surface area contributed by atoms with Gasteiger partial charge in [0.15, 0.2) is 17.5 Å². The summed E-state index contributed by atoms with van der Waals surface area (Å²) in [5.41, 5.74) is 7.15. The molecule has 0 bridgehead atoms. The molecule has 0 aliphatic carbocycles. The summed E-state index contributed by atoms with van der Waals surface area (Å²) < 4.78 is 23.5. The number of carbonyl (C=O) groups is 1. The molecular weight excluding hydrogens is 351 g/mol. The van der Waals surface area contributed by atoms with Gasteiger partial charge >= 0.3 is 0 Å². The molecule has 2 rings (SSSR count). The van der Waals surface area contributed by atoms with E-state index in [0.29, 0.717) is 35.8 Å². The van der Waals surface area contributed by atoms with Gasteiger partial charge in [0, 0.05) is 18.3 Å². The van der Waals surface area contributed by atoms with Crippen molar-refractivity contribution >= 4 is 17.6 Å². The van der Waals surface area contributed by atoms with E-state index in [2.05, 4.69) is 15.6 Å². The maximum atomic E-state index is 13.1. The van der Waals surface area contributed by atoms with E-state index in [9.17, 15) is 9.18 Å². The number of anilines is 1. The average molecular weight is 374 g/mol. The molecule has 0 atom stereocenters. The van der Waals surface area contributed by atoms with E-state index in [0.717, 1.165) is 0 Å². The van der Waals surface area contributed by atoms with E-state index in [1.165, 1.54) is 12.1 Å². The monoisotopic (exact) mass is 374 g/mol. The van der Waals surface area contributed by atoms with E-state index in [4.69, 9.17) is 15.2 Å². The molecule has 0 aliphatic heterocycles. The maximum Gasteiger partial charge on any atom is 0.224 e. The molecule has 0 heterocycles. The number of carbonyl (C=O) groups excluding carboxylic acids is 1. The SMILES string of the molecule is COc1ccc(NC(N)=NCCNC(=O)Cc2cccc(F)c2)cc1OC. The van der Waals surface area contributed by atoms with Crippen molar-refractivity contribution in [3.63, 3.8) is 0 Å². The molecule has 27 heavy (non-hydrogen) atoms. The number of methoxy groups -OCH3 is 2. The lowest BCUT2D eigenvalue weighted by molar-refractivity contribution is -0.120. The van der Waals surface area contributed by atoms with E-state index >= 15 is 0 Å². The predicted molar refractivity (Wildman–Crippen MR) is 103 cm³/mol. The molecule has 0 aromatic heterocycles. The molecule has 0 aliphatic rings. The lowest BCUT2D eigenvalue weighted by Gasteiger charge is -2.11. The Bertz CT molecular complexity index is 811. The van der Waals surface area contributed by atoms with Crippen LogP contribution in [0, 0.1) is 5.82 Å². The van der Waals surface area contributed by atoms with Crippen molar-refractivity contribution in [2.75, 3.05) is 32.6 Å². The third-order valence-corrected chi connectivity index (χ3v) is 3.63. The molecule has 0 radical (unpaired) electrons. The summed E-state index contributed by atoms with van der Waals surface area (Å²) in [4.78, 5) is 16.0. The van der Waals surface area contributed by atoms with Crippen molar-refractivity contribution in [3.05, 3.63) is 53.8 Å². The van der Waals surface area contributed by atoms with E-state index in [-0.39, 0.29) is 24.1 Å². The largest absolute Gasteiger partial charge is 0.493 e. The zero-order valence-corrected chi connectivity index (χ0v) is 15.3. The maximum absolute atomic E-state index is 13.1. The fourth-order valence-electron chi connectivity index (χ4n) is 2.37. The van der Waals surface area contributed by atoms with Gasteiger partial charge in [-0.05, 0) is 29.8 Å². The quantitative estimate of drug-likeness (QED) is 0.373. The third kappa shape index (κ3) is 6.50. The van der Waals surface area contributed by atoms with Crippen LogP contribution in [0.2, 0.25) is 0 Å². The summed E-state index contributed by atoms with van der Waals surface area (Å²) in [5, 5.41) is 5.65. The van der Waals surface area contributed by atoms with Crippen LogP contribution in [-0.2, 0) is 11.2 Å². The summed E-state index contributed by atoms with van der Waals surface area (Å²) in [5.74, 6) is 0.821. The first kappa shape index (κ1) is 20.0. The number of halogens is 1. The summed E-state index contributed by atoms with van der Waals surface area (Å²) in [6.45, 7) is 0.628. The van der Waals surface area contributed by atoms with Gasteiger partial charge in [-0.2, -0.15) is 0 Å². The minimum Gasteiger partial charge on any atom is -0.493 e. The minimum absolute atomic E-state index is 0.112. The van der Waals surface area contributed by atoms with Gasteiger partial charge in [0.1, 0.15) is 5.82 Å². The number of amides is 1. The minimum atomic E-state index is -0.362. The Balaban J connectivity index is 1.78. The molecule has 4 N–H and O–H groups in total. The molecule has 1 amide bonds. The molecule has 2 aromatic carbocycles. The molecule has 0 spiro atoms. The van der Waals surface area contributed by atoms with E-state index < -0.39 is 0 Å². The first-order chi connectivity index (χ1) is 13.0. The van der Waals surface area contributed by atoms with Gasteiger partial charge in [-0.3, -0.25) is 9.79 Å². The number of aliphatic imine (C=N–C) groups is 1. The van der Waals surface area contributed by atoms with Crippen LogP contribution in [-0.4, -0.2) is 39.2 Å². The van der Waals surface area contributed by atoms with Crippen molar-refractivity contribution in [2.45, 2.75) is 6.42 Å². The Kier molecular flexibility index (Phi) is 7.42. The van der Waals surface area contributed by atoms with Crippen molar-refractivity contribution < 1.29 is 18.7 Å². The molecule has 0 saturated heterocycles. The van der Waals surface area contributed by atoms with Gasteiger partial charge in [0.2, 0.25) is 5.91 Å². The zero-order chi connectivity index (χ0) is 19.6. The van der Waals surface area contributed by atoms with Crippen LogP contribution in [0.5, 0.6) is 11.5 Å². The Hall–Kier alpha value is -3.29. The first-order valence-corrected chi connectivity index (χ1v) is 8.32. The third-order valence-electron chi connectivity index (χ3n) is 3.63. The van der Waals surface area contributed by atoms with Gasteiger partial charge in [-0.25, -0.2) is 4.39 Å². The van der Waals surface area contributed by atoms with Crippen LogP contribution >= 0.6 is 0 Å². The number of nitrogens with two attached hydrogens (primary N) is 1. The Labute approximate surface area is 157 Å². The molecular formula is C19H23FN4O3. The van der Waals surface area contributed by atoms with Crippen LogP contribution in [0.3, 0.4) is 0 Å². The normalized spacial score (nSPS) is 11.0. The zero-order valence-electron chi connectivity index (χ0n) is 15.3. The summed E-state index contributed by atoms with van der Waals surface area (Å²) in [6, 6.07) is 11.2. The second kappa shape index (κ2) is 10.0. The second-order valence-corrected chi connectivity index (χ2v) is 5.62. The highest BCUT2D eigenvalue weighted by Gasteiger charge is 2.06. The van der Waals surface area contributed by atoms with Gasteiger partial charge in [0.25, 0.3) is 0 Å². The molecule has 0 fully saturated rings. The van der Waals surface area contributed by atoms with E-state index in [1.807, 2.05) is 0 Å². The van der Waals surface area contributed by atoms with Gasteiger partial charge in [0.05, 0.1) is 27.2 Å². The molecule has 8 heteroatoms. The highest BCUT2D eigenvalue weighted by molar-refractivity contribution is 5.92. The molecule has 2 aromatic rings. The number of nitrogens with one attached hydrogen (secondary N) is 2. The number of hydrogen-bond donors (Lipinski definition) is 3. The fraction of sp³-hybridized carbons (Fsp3) is 0.263.